The third-order valence-corrected chi connectivity index (χ3v) is 9.91. The largest absolute Gasteiger partial charge is 0.488 e. The number of piperazine rings is 1. The number of fused-ring (bicyclic) bond motifs is 2. The molecule has 220 valence electrons. The van der Waals surface area contributed by atoms with Gasteiger partial charge in [0.2, 0.25) is 5.91 Å². The van der Waals surface area contributed by atoms with Crippen molar-refractivity contribution in [2.75, 3.05) is 44.7 Å². The lowest BCUT2D eigenvalue weighted by atomic mass is 9.85. The second kappa shape index (κ2) is 11.4. The second-order valence-electron chi connectivity index (χ2n) is 11.9. The van der Waals surface area contributed by atoms with E-state index in [1.165, 1.54) is 0 Å². The van der Waals surface area contributed by atoms with Crippen molar-refractivity contribution < 1.29 is 24.2 Å². The van der Waals surface area contributed by atoms with E-state index in [0.717, 1.165) is 64.8 Å². The van der Waals surface area contributed by atoms with E-state index < -0.39 is 5.97 Å². The molecule has 0 spiro atoms. The molecule has 1 saturated carbocycles. The first-order valence-electron chi connectivity index (χ1n) is 14.5. The number of amides is 2. The Labute approximate surface area is 249 Å². The molecule has 9 nitrogen and oxygen atoms in total. The van der Waals surface area contributed by atoms with Crippen LogP contribution in [0.3, 0.4) is 0 Å². The molecule has 2 saturated heterocycles. The number of nitrogens with zero attached hydrogens (tertiary/aromatic N) is 4. The first-order valence-corrected chi connectivity index (χ1v) is 15.4. The summed E-state index contributed by atoms with van der Waals surface area (Å²) < 4.78 is 6.34. The van der Waals surface area contributed by atoms with Crippen LogP contribution in [-0.4, -0.2) is 77.4 Å². The summed E-state index contributed by atoms with van der Waals surface area (Å²) in [6.45, 7) is 7.00. The zero-order valence-corrected chi connectivity index (χ0v) is 25.0. The number of benzene rings is 2. The van der Waals surface area contributed by atoms with Crippen LogP contribution in [0.15, 0.2) is 41.8 Å². The predicted molar refractivity (Wildman–Crippen MR) is 161 cm³/mol. The Hall–Kier alpha value is -3.92. The maximum Gasteiger partial charge on any atom is 0.307 e. The lowest BCUT2D eigenvalue weighted by molar-refractivity contribution is -0.144. The van der Waals surface area contributed by atoms with Crippen LogP contribution in [0.5, 0.6) is 5.75 Å². The molecule has 6 rings (SSSR count). The topological polar surface area (TPSA) is 103 Å². The zero-order valence-electron chi connectivity index (χ0n) is 24.2. The third-order valence-electron chi connectivity index (χ3n) is 9.01. The molecule has 3 atom stereocenters. The van der Waals surface area contributed by atoms with Gasteiger partial charge < -0.3 is 24.5 Å². The number of carboxylic acid groups (broad SMARTS) is 1. The summed E-state index contributed by atoms with van der Waals surface area (Å²) in [5.41, 5.74) is 5.37. The van der Waals surface area contributed by atoms with Crippen molar-refractivity contribution in [3.63, 3.8) is 0 Å². The van der Waals surface area contributed by atoms with Crippen LogP contribution in [0.4, 0.5) is 5.13 Å². The summed E-state index contributed by atoms with van der Waals surface area (Å²) in [6, 6.07) is 11.7. The molecule has 1 aliphatic carbocycles. The zero-order chi connectivity index (χ0) is 29.5. The van der Waals surface area contributed by atoms with Gasteiger partial charge in [-0.15, -0.1) is 11.3 Å². The van der Waals surface area contributed by atoms with E-state index in [1.807, 2.05) is 38.1 Å². The quantitative estimate of drug-likeness (QED) is 0.435. The van der Waals surface area contributed by atoms with Crippen molar-refractivity contribution in [1.82, 2.24) is 14.8 Å². The molecule has 2 aliphatic heterocycles. The van der Waals surface area contributed by atoms with Gasteiger partial charge in [-0.3, -0.25) is 14.4 Å². The van der Waals surface area contributed by atoms with Gasteiger partial charge in [0.15, 0.2) is 5.13 Å². The van der Waals surface area contributed by atoms with Crippen LogP contribution in [0.25, 0.3) is 11.3 Å². The number of carbonyl (C=O) groups excluding carboxylic acids is 2. The number of rotatable bonds is 7. The third kappa shape index (κ3) is 5.47. The van der Waals surface area contributed by atoms with E-state index in [-0.39, 0.29) is 36.1 Å². The van der Waals surface area contributed by atoms with E-state index >= 15 is 0 Å². The number of carboxylic acids is 1. The molecule has 1 aromatic heterocycles. The molecule has 2 bridgehead atoms. The van der Waals surface area contributed by atoms with Gasteiger partial charge in [0.1, 0.15) is 18.9 Å². The van der Waals surface area contributed by atoms with Crippen LogP contribution in [0.1, 0.15) is 39.9 Å². The summed E-state index contributed by atoms with van der Waals surface area (Å²) in [6.07, 6.45) is 1.94. The van der Waals surface area contributed by atoms with Crippen molar-refractivity contribution in [2.24, 2.45) is 17.8 Å². The normalized spacial score (nSPS) is 22.0. The SMILES string of the molecule is Cc1ccc(OCc2ccc(C(=O)N3CCN(C)C(=O)C3)cc2C)c(-c2csc(N3C[C@H]4CC[C@@H](C3)[C@H]4C(=O)O)n2)c1. The first-order chi connectivity index (χ1) is 20.2. The Morgan fingerprint density at radius 1 is 1.07 bits per heavy atom. The molecule has 3 fully saturated rings. The van der Waals surface area contributed by atoms with Gasteiger partial charge in [-0.1, -0.05) is 17.7 Å². The monoisotopic (exact) mass is 588 g/mol. The minimum absolute atomic E-state index is 0.0488. The number of piperidine rings is 1. The molecule has 1 N–H and O–H groups in total. The molecular weight excluding hydrogens is 552 g/mol. The minimum atomic E-state index is -0.661. The number of ether oxygens (including phenoxy) is 1. The molecule has 42 heavy (non-hydrogen) atoms. The Balaban J connectivity index is 1.15. The number of hydrogen-bond donors (Lipinski definition) is 1. The molecule has 3 aliphatic rings. The van der Waals surface area contributed by atoms with Gasteiger partial charge in [0.25, 0.3) is 5.91 Å². The van der Waals surface area contributed by atoms with E-state index in [1.54, 1.807) is 34.3 Å². The van der Waals surface area contributed by atoms with E-state index in [9.17, 15) is 19.5 Å². The number of carbonyl (C=O) groups is 3. The summed E-state index contributed by atoms with van der Waals surface area (Å²) in [7, 11) is 1.76. The van der Waals surface area contributed by atoms with Gasteiger partial charge >= 0.3 is 5.97 Å². The Morgan fingerprint density at radius 3 is 2.52 bits per heavy atom. The van der Waals surface area contributed by atoms with E-state index in [4.69, 9.17) is 9.72 Å². The van der Waals surface area contributed by atoms with Gasteiger partial charge in [0, 0.05) is 49.7 Å². The van der Waals surface area contributed by atoms with Gasteiger partial charge in [0.05, 0.1) is 11.6 Å². The molecule has 0 unspecified atom stereocenters. The fraction of sp³-hybridized carbons (Fsp3) is 0.438. The summed E-state index contributed by atoms with van der Waals surface area (Å²) in [5, 5.41) is 12.6. The van der Waals surface area contributed by atoms with Crippen LogP contribution >= 0.6 is 11.3 Å². The molecule has 0 radical (unpaired) electrons. The fourth-order valence-corrected chi connectivity index (χ4v) is 7.39. The van der Waals surface area contributed by atoms with Crippen molar-refractivity contribution >= 4 is 34.3 Å². The van der Waals surface area contributed by atoms with Gasteiger partial charge in [-0.05, 0) is 73.9 Å². The number of aromatic nitrogens is 1. The lowest BCUT2D eigenvalue weighted by Gasteiger charge is -2.35. The summed E-state index contributed by atoms with van der Waals surface area (Å²) in [4.78, 5) is 47.3. The Morgan fingerprint density at radius 2 is 1.83 bits per heavy atom. The van der Waals surface area contributed by atoms with Gasteiger partial charge in [-0.25, -0.2) is 4.98 Å². The van der Waals surface area contributed by atoms with Crippen molar-refractivity contribution in [3.05, 3.63) is 64.0 Å². The van der Waals surface area contributed by atoms with E-state index in [2.05, 4.69) is 16.3 Å². The molecule has 2 amide bonds. The number of hydrogen-bond acceptors (Lipinski definition) is 7. The number of aryl methyl sites for hydroxylation is 2. The average molecular weight is 589 g/mol. The fourth-order valence-electron chi connectivity index (χ4n) is 6.55. The Kier molecular flexibility index (Phi) is 7.66. The number of thiazole rings is 1. The molecule has 3 heterocycles. The number of likely N-dealkylation sites (N-methyl/N-ethyl adjacent to an activating group) is 1. The minimum Gasteiger partial charge on any atom is -0.488 e. The van der Waals surface area contributed by atoms with Crippen molar-refractivity contribution in [1.29, 1.82) is 0 Å². The number of aliphatic carboxylic acids is 1. The predicted octanol–water partition coefficient (Wildman–Crippen LogP) is 4.47. The molecule has 2 aromatic carbocycles. The van der Waals surface area contributed by atoms with Crippen molar-refractivity contribution in [3.8, 4) is 17.0 Å². The van der Waals surface area contributed by atoms with Crippen LogP contribution in [0.2, 0.25) is 0 Å². The summed E-state index contributed by atoms with van der Waals surface area (Å²) in [5.74, 6) is 0.0220. The van der Waals surface area contributed by atoms with Crippen LogP contribution < -0.4 is 9.64 Å². The van der Waals surface area contributed by atoms with Crippen LogP contribution in [-0.2, 0) is 16.2 Å². The highest BCUT2D eigenvalue weighted by Crippen LogP contribution is 2.44. The second-order valence-corrected chi connectivity index (χ2v) is 12.7. The highest BCUT2D eigenvalue weighted by atomic mass is 32.1. The van der Waals surface area contributed by atoms with Crippen molar-refractivity contribution in [2.45, 2.75) is 33.3 Å². The lowest BCUT2D eigenvalue weighted by Crippen LogP contribution is -2.50. The average Bonchev–Trinajstić information content (AvgIpc) is 3.56. The maximum absolute atomic E-state index is 13.0. The maximum atomic E-state index is 13.0. The summed E-state index contributed by atoms with van der Waals surface area (Å²) >= 11 is 1.59. The van der Waals surface area contributed by atoms with E-state index in [0.29, 0.717) is 25.3 Å². The standard InChI is InChI=1S/C32H36N4O5S/c1-19-4-9-27(41-17-24-8-5-21(13-20(24)2)30(38)35-11-10-34(3)28(37)16-35)25(12-19)26-18-42-32(33-26)36-14-22-6-7-23(15-36)29(22)31(39)40/h4-5,8-9,12-13,18,22-23,29H,6-7,10-11,14-17H2,1-3H3,(H,39,40)/t22-,23+,29+. The smallest absolute Gasteiger partial charge is 0.307 e. The Bertz CT molecular complexity index is 1520. The highest BCUT2D eigenvalue weighted by molar-refractivity contribution is 7.14. The molecule has 3 aromatic rings. The number of anilines is 1. The molecule has 10 heteroatoms. The first kappa shape index (κ1) is 28.2. The highest BCUT2D eigenvalue weighted by Gasteiger charge is 2.46. The van der Waals surface area contributed by atoms with Gasteiger partial charge in [-0.2, -0.15) is 0 Å². The molecular formula is C32H36N4O5S. The van der Waals surface area contributed by atoms with Crippen LogP contribution in [0, 0.1) is 31.6 Å².